The molecule has 0 aliphatic carbocycles. The van der Waals surface area contributed by atoms with Gasteiger partial charge in [0.05, 0.1) is 13.2 Å². The maximum Gasteiger partial charge on any atom is 0.258 e. The van der Waals surface area contributed by atoms with Crippen molar-refractivity contribution in [1.29, 1.82) is 0 Å². The molecular formula is C4H7NO2S. The zero-order valence-corrected chi connectivity index (χ0v) is 5.23. The number of hydrogen-bond acceptors (Lipinski definition) is 3. The van der Waals surface area contributed by atoms with Crippen LogP contribution in [-0.2, 0) is 9.53 Å². The summed E-state index contributed by atoms with van der Waals surface area (Å²) in [5, 5.41) is 0. The van der Waals surface area contributed by atoms with Crippen LogP contribution in [0.5, 0.6) is 0 Å². The van der Waals surface area contributed by atoms with Crippen molar-refractivity contribution >= 4 is 18.7 Å². The first-order chi connectivity index (χ1) is 3.80. The first-order valence-corrected chi connectivity index (χ1v) is 2.77. The molecule has 1 amide bonds. The Hall–Kier alpha value is -0.220. The molecule has 0 aromatic carbocycles. The van der Waals surface area contributed by atoms with Gasteiger partial charge in [-0.3, -0.25) is 9.10 Å². The third-order valence-electron chi connectivity index (χ3n) is 0.961. The normalized spacial score (nSPS) is 21.6. The zero-order valence-electron chi connectivity index (χ0n) is 4.33. The van der Waals surface area contributed by atoms with E-state index in [1.54, 1.807) is 0 Å². The van der Waals surface area contributed by atoms with E-state index in [2.05, 4.69) is 12.8 Å². The lowest BCUT2D eigenvalue weighted by Gasteiger charge is -2.19. The molecule has 0 aromatic heterocycles. The van der Waals surface area contributed by atoms with Gasteiger partial charge in [-0.2, -0.15) is 0 Å². The fraction of sp³-hybridized carbons (Fsp3) is 0.750. The number of morpholine rings is 1. The monoisotopic (exact) mass is 133 g/mol. The minimum atomic E-state index is -0.0559. The highest BCUT2D eigenvalue weighted by molar-refractivity contribution is 7.78. The van der Waals surface area contributed by atoms with Crippen molar-refractivity contribution in [3.8, 4) is 0 Å². The van der Waals surface area contributed by atoms with Gasteiger partial charge in [-0.25, -0.2) is 0 Å². The van der Waals surface area contributed by atoms with Gasteiger partial charge in [0, 0.05) is 0 Å². The molecule has 0 radical (unpaired) electrons. The van der Waals surface area contributed by atoms with Crippen LogP contribution in [0.3, 0.4) is 0 Å². The van der Waals surface area contributed by atoms with Gasteiger partial charge in [0.15, 0.2) is 0 Å². The second-order valence-electron chi connectivity index (χ2n) is 1.57. The molecule has 0 unspecified atom stereocenters. The molecule has 0 saturated carbocycles. The summed E-state index contributed by atoms with van der Waals surface area (Å²) in [5.74, 6) is -0.0559. The second-order valence-corrected chi connectivity index (χ2v) is 2.05. The summed E-state index contributed by atoms with van der Waals surface area (Å²) in [6.45, 7) is 1.39. The quantitative estimate of drug-likeness (QED) is 0.459. The van der Waals surface area contributed by atoms with E-state index >= 15 is 0 Å². The number of ether oxygens (including phenoxy) is 1. The van der Waals surface area contributed by atoms with E-state index in [1.165, 1.54) is 4.31 Å². The Labute approximate surface area is 53.2 Å². The lowest BCUT2D eigenvalue weighted by atomic mass is 10.5. The van der Waals surface area contributed by atoms with Gasteiger partial charge in [-0.15, -0.1) is 0 Å². The van der Waals surface area contributed by atoms with Gasteiger partial charge < -0.3 is 4.74 Å². The van der Waals surface area contributed by atoms with Gasteiger partial charge in [0.25, 0.3) is 5.91 Å². The smallest absolute Gasteiger partial charge is 0.258 e. The average molecular weight is 133 g/mol. The molecule has 8 heavy (non-hydrogen) atoms. The molecule has 4 heteroatoms. The van der Waals surface area contributed by atoms with Gasteiger partial charge in [-0.05, 0) is 0 Å². The number of hydrogen-bond donors (Lipinski definition) is 1. The minimum Gasteiger partial charge on any atom is -0.370 e. The van der Waals surface area contributed by atoms with E-state index in [9.17, 15) is 4.79 Å². The molecule has 3 nitrogen and oxygen atoms in total. The second kappa shape index (κ2) is 2.37. The van der Waals surface area contributed by atoms with Crippen LogP contribution in [0.25, 0.3) is 0 Å². The first-order valence-electron chi connectivity index (χ1n) is 2.37. The number of carbonyl (C=O) groups excluding carboxylic acids is 1. The Morgan fingerprint density at radius 1 is 1.75 bits per heavy atom. The van der Waals surface area contributed by atoms with E-state index in [1.807, 2.05) is 0 Å². The summed E-state index contributed by atoms with van der Waals surface area (Å²) in [6, 6.07) is 0. The molecule has 0 spiro atoms. The van der Waals surface area contributed by atoms with Crippen LogP contribution in [0.1, 0.15) is 0 Å². The molecule has 0 atom stereocenters. The van der Waals surface area contributed by atoms with Crippen LogP contribution in [0.15, 0.2) is 0 Å². The molecule has 1 rings (SSSR count). The van der Waals surface area contributed by atoms with E-state index < -0.39 is 0 Å². The van der Waals surface area contributed by atoms with E-state index in [0.29, 0.717) is 13.2 Å². The maximum atomic E-state index is 10.5. The van der Waals surface area contributed by atoms with Crippen molar-refractivity contribution < 1.29 is 9.53 Å². The van der Waals surface area contributed by atoms with Crippen molar-refractivity contribution in [1.82, 2.24) is 4.31 Å². The van der Waals surface area contributed by atoms with Gasteiger partial charge in [0.1, 0.15) is 6.61 Å². The average Bonchev–Trinajstić information content (AvgIpc) is 1.77. The molecule has 0 bridgehead atoms. The van der Waals surface area contributed by atoms with E-state index in [0.717, 1.165) is 0 Å². The van der Waals surface area contributed by atoms with Crippen molar-refractivity contribution in [3.05, 3.63) is 0 Å². The van der Waals surface area contributed by atoms with Gasteiger partial charge >= 0.3 is 0 Å². The van der Waals surface area contributed by atoms with Crippen LogP contribution in [0, 0.1) is 0 Å². The number of carbonyl (C=O) groups is 1. The summed E-state index contributed by atoms with van der Waals surface area (Å²) in [5.41, 5.74) is 0. The van der Waals surface area contributed by atoms with Gasteiger partial charge in [0.2, 0.25) is 0 Å². The van der Waals surface area contributed by atoms with Crippen LogP contribution < -0.4 is 0 Å². The SMILES string of the molecule is O=C1COCCN1S. The van der Waals surface area contributed by atoms with Crippen LogP contribution in [-0.4, -0.2) is 30.0 Å². The standard InChI is InChI=1S/C4H7NO2S/c6-4-3-7-2-1-5(4)8/h8H,1-3H2. The van der Waals surface area contributed by atoms with E-state index in [4.69, 9.17) is 4.74 Å². The molecule has 1 saturated heterocycles. The highest BCUT2D eigenvalue weighted by atomic mass is 32.1. The largest absolute Gasteiger partial charge is 0.370 e. The van der Waals surface area contributed by atoms with Crippen molar-refractivity contribution in [2.75, 3.05) is 19.8 Å². The molecule has 1 fully saturated rings. The Morgan fingerprint density at radius 2 is 2.50 bits per heavy atom. The van der Waals surface area contributed by atoms with Crippen molar-refractivity contribution in [3.63, 3.8) is 0 Å². The first kappa shape index (κ1) is 5.91. The summed E-state index contributed by atoms with van der Waals surface area (Å²) in [7, 11) is 0. The third kappa shape index (κ3) is 1.14. The fourth-order valence-corrected chi connectivity index (χ4v) is 0.649. The van der Waals surface area contributed by atoms with Crippen LogP contribution in [0.4, 0.5) is 0 Å². The van der Waals surface area contributed by atoms with E-state index in [-0.39, 0.29) is 12.5 Å². The number of nitrogens with zero attached hydrogens (tertiary/aromatic N) is 1. The minimum absolute atomic E-state index is 0.0559. The molecule has 1 aliphatic heterocycles. The Kier molecular flexibility index (Phi) is 1.75. The van der Waals surface area contributed by atoms with Crippen molar-refractivity contribution in [2.24, 2.45) is 0 Å². The lowest BCUT2D eigenvalue weighted by molar-refractivity contribution is -0.135. The fourth-order valence-electron chi connectivity index (χ4n) is 0.510. The predicted molar refractivity (Wildman–Crippen MR) is 31.5 cm³/mol. The maximum absolute atomic E-state index is 10.5. The predicted octanol–water partition coefficient (Wildman–Crippen LogP) is -0.310. The Bertz CT molecular complexity index is 106. The van der Waals surface area contributed by atoms with Crippen LogP contribution >= 0.6 is 12.8 Å². The third-order valence-corrected chi connectivity index (χ3v) is 1.38. The summed E-state index contributed by atoms with van der Waals surface area (Å²) >= 11 is 3.86. The summed E-state index contributed by atoms with van der Waals surface area (Å²) < 4.78 is 6.18. The molecule has 1 heterocycles. The molecule has 0 N–H and O–H groups in total. The topological polar surface area (TPSA) is 29.5 Å². The molecule has 0 aromatic rings. The number of amides is 1. The summed E-state index contributed by atoms with van der Waals surface area (Å²) in [6.07, 6.45) is 0. The zero-order chi connectivity index (χ0) is 5.98. The highest BCUT2D eigenvalue weighted by Crippen LogP contribution is 1.99. The molecule has 46 valence electrons. The summed E-state index contributed by atoms with van der Waals surface area (Å²) in [4.78, 5) is 10.5. The molecule has 1 aliphatic rings. The highest BCUT2D eigenvalue weighted by Gasteiger charge is 2.13. The number of rotatable bonds is 0. The Balaban J connectivity index is 2.39. The lowest BCUT2D eigenvalue weighted by Crippen LogP contribution is -2.34. The molecular weight excluding hydrogens is 126 g/mol. The number of thiol groups is 1. The van der Waals surface area contributed by atoms with Crippen molar-refractivity contribution in [2.45, 2.75) is 0 Å². The van der Waals surface area contributed by atoms with Crippen LogP contribution in [0.2, 0.25) is 0 Å². The Morgan fingerprint density at radius 3 is 2.88 bits per heavy atom. The van der Waals surface area contributed by atoms with Gasteiger partial charge in [-0.1, -0.05) is 12.8 Å².